The first-order valence-electron chi connectivity index (χ1n) is 7.04. The Balaban J connectivity index is 1.93. The highest BCUT2D eigenvalue weighted by molar-refractivity contribution is 5.26. The van der Waals surface area contributed by atoms with E-state index < -0.39 is 0 Å². The van der Waals surface area contributed by atoms with Crippen molar-refractivity contribution >= 4 is 6.01 Å². The maximum atomic E-state index is 5.68. The number of nitrogens with one attached hydrogen (secondary N) is 2. The lowest BCUT2D eigenvalue weighted by molar-refractivity contribution is 0.261. The average Bonchev–Trinajstić information content (AvgIpc) is 2.79. The topological polar surface area (TPSA) is 63.0 Å². The Morgan fingerprint density at radius 1 is 1.33 bits per heavy atom. The molecule has 0 amide bonds. The van der Waals surface area contributed by atoms with E-state index in [-0.39, 0.29) is 11.6 Å². The quantitative estimate of drug-likeness (QED) is 0.781. The van der Waals surface area contributed by atoms with Gasteiger partial charge < -0.3 is 15.1 Å². The predicted molar refractivity (Wildman–Crippen MR) is 71.5 cm³/mol. The fourth-order valence-electron chi connectivity index (χ4n) is 2.31. The van der Waals surface area contributed by atoms with Crippen LogP contribution in [0.1, 0.15) is 64.8 Å². The first-order chi connectivity index (χ1) is 8.69. The van der Waals surface area contributed by atoms with E-state index >= 15 is 0 Å². The largest absolute Gasteiger partial charge is 0.406 e. The maximum absolute atomic E-state index is 5.68. The van der Waals surface area contributed by atoms with Gasteiger partial charge in [-0.1, -0.05) is 18.9 Å². The van der Waals surface area contributed by atoms with Crippen LogP contribution in [0.2, 0.25) is 0 Å². The average molecular weight is 252 g/mol. The fraction of sp³-hybridized carbons (Fsp3) is 0.846. The Bertz CT molecular complexity index is 367. The van der Waals surface area contributed by atoms with Crippen LogP contribution in [0.15, 0.2) is 4.42 Å². The molecule has 5 nitrogen and oxygen atoms in total. The molecule has 1 fully saturated rings. The summed E-state index contributed by atoms with van der Waals surface area (Å²) >= 11 is 0. The van der Waals surface area contributed by atoms with Gasteiger partial charge in [0.15, 0.2) is 0 Å². The zero-order valence-electron chi connectivity index (χ0n) is 11.6. The van der Waals surface area contributed by atoms with Crippen LogP contribution in [0.3, 0.4) is 0 Å². The second-order valence-electron chi connectivity index (χ2n) is 5.23. The third kappa shape index (κ3) is 2.83. The Morgan fingerprint density at radius 3 is 2.67 bits per heavy atom. The molecular weight excluding hydrogens is 228 g/mol. The minimum absolute atomic E-state index is 0.118. The third-order valence-electron chi connectivity index (χ3n) is 3.87. The molecule has 102 valence electrons. The van der Waals surface area contributed by atoms with Crippen molar-refractivity contribution in [1.29, 1.82) is 0 Å². The summed E-state index contributed by atoms with van der Waals surface area (Å²) in [5.74, 6) is 0.663. The normalized spacial score (nSPS) is 19.3. The number of hydrogen-bond donors (Lipinski definition) is 2. The third-order valence-corrected chi connectivity index (χ3v) is 3.87. The lowest BCUT2D eigenvalue weighted by atomic mass is 9.75. The van der Waals surface area contributed by atoms with Crippen LogP contribution in [0, 0.1) is 0 Å². The van der Waals surface area contributed by atoms with E-state index in [9.17, 15) is 0 Å². The summed E-state index contributed by atoms with van der Waals surface area (Å²) < 4.78 is 5.68. The highest BCUT2D eigenvalue weighted by Crippen LogP contribution is 2.37. The summed E-state index contributed by atoms with van der Waals surface area (Å²) in [6.07, 6.45) is 5.89. The highest BCUT2D eigenvalue weighted by atomic mass is 16.4. The Hall–Kier alpha value is -1.10. The molecule has 0 aliphatic heterocycles. The van der Waals surface area contributed by atoms with E-state index in [0.29, 0.717) is 11.9 Å². The Morgan fingerprint density at radius 2 is 2.11 bits per heavy atom. The van der Waals surface area contributed by atoms with E-state index in [1.54, 1.807) is 0 Å². The molecule has 0 bridgehead atoms. The smallest absolute Gasteiger partial charge is 0.315 e. The van der Waals surface area contributed by atoms with Crippen LogP contribution < -0.4 is 10.6 Å². The molecule has 2 rings (SSSR count). The van der Waals surface area contributed by atoms with Gasteiger partial charge in [0.1, 0.15) is 0 Å². The molecule has 0 aromatic carbocycles. The summed E-state index contributed by atoms with van der Waals surface area (Å²) in [6.45, 7) is 7.36. The van der Waals surface area contributed by atoms with Crippen LogP contribution in [0.25, 0.3) is 0 Å². The lowest BCUT2D eigenvalue weighted by Gasteiger charge is -2.41. The predicted octanol–water partition coefficient (Wildman–Crippen LogP) is 2.87. The number of aromatic nitrogens is 2. The van der Waals surface area contributed by atoms with E-state index in [4.69, 9.17) is 4.42 Å². The minimum atomic E-state index is 0.118. The van der Waals surface area contributed by atoms with E-state index in [1.807, 2.05) is 6.92 Å². The standard InChI is InChI=1S/C13H24N4O/c1-4-9-14-10(3)11-16-17-12(18-11)15-13(5-2)7-6-8-13/h10,14H,4-9H2,1-3H3,(H,15,17). The molecule has 0 radical (unpaired) electrons. The molecule has 1 aromatic rings. The zero-order chi connectivity index (χ0) is 13.0. The van der Waals surface area contributed by atoms with Crippen molar-refractivity contribution in [2.24, 2.45) is 0 Å². The molecule has 1 heterocycles. The van der Waals surface area contributed by atoms with Crippen LogP contribution in [0.5, 0.6) is 0 Å². The molecule has 1 aliphatic carbocycles. The van der Waals surface area contributed by atoms with Gasteiger partial charge in [-0.2, -0.15) is 0 Å². The number of rotatable bonds is 7. The molecule has 1 unspecified atom stereocenters. The van der Waals surface area contributed by atoms with Crippen molar-refractivity contribution in [2.75, 3.05) is 11.9 Å². The van der Waals surface area contributed by atoms with Gasteiger partial charge in [-0.25, -0.2) is 0 Å². The van der Waals surface area contributed by atoms with E-state index in [1.165, 1.54) is 19.3 Å². The lowest BCUT2D eigenvalue weighted by Crippen LogP contribution is -2.44. The van der Waals surface area contributed by atoms with E-state index in [0.717, 1.165) is 19.4 Å². The molecule has 1 atom stereocenters. The molecule has 1 saturated carbocycles. The first-order valence-corrected chi connectivity index (χ1v) is 7.04. The van der Waals surface area contributed by atoms with Gasteiger partial charge >= 0.3 is 6.01 Å². The van der Waals surface area contributed by atoms with Crippen molar-refractivity contribution in [3.63, 3.8) is 0 Å². The summed E-state index contributed by atoms with van der Waals surface area (Å²) in [4.78, 5) is 0. The highest BCUT2D eigenvalue weighted by Gasteiger charge is 2.36. The first kappa shape index (κ1) is 13.3. The van der Waals surface area contributed by atoms with Crippen molar-refractivity contribution in [1.82, 2.24) is 15.5 Å². The van der Waals surface area contributed by atoms with Crippen molar-refractivity contribution in [3.05, 3.63) is 5.89 Å². The molecule has 1 aromatic heterocycles. The SMILES string of the molecule is CCCNC(C)c1nnc(NC2(CC)CCC2)o1. The molecular formula is C13H24N4O. The Kier molecular flexibility index (Phi) is 4.22. The Labute approximate surface area is 109 Å². The van der Waals surface area contributed by atoms with E-state index in [2.05, 4.69) is 34.7 Å². The van der Waals surface area contributed by atoms with Gasteiger partial charge in [0.05, 0.1) is 6.04 Å². The molecule has 5 heteroatoms. The minimum Gasteiger partial charge on any atom is -0.406 e. The number of anilines is 1. The van der Waals surface area contributed by atoms with Crippen LogP contribution in [0.4, 0.5) is 6.01 Å². The number of nitrogens with zero attached hydrogens (tertiary/aromatic N) is 2. The molecule has 2 N–H and O–H groups in total. The fourth-order valence-corrected chi connectivity index (χ4v) is 2.31. The van der Waals surface area contributed by atoms with Crippen molar-refractivity contribution in [2.45, 2.75) is 64.5 Å². The monoisotopic (exact) mass is 252 g/mol. The van der Waals surface area contributed by atoms with Crippen LogP contribution >= 0.6 is 0 Å². The summed E-state index contributed by atoms with van der Waals surface area (Å²) in [7, 11) is 0. The van der Waals surface area contributed by atoms with Gasteiger partial charge in [-0.05, 0) is 45.6 Å². The van der Waals surface area contributed by atoms with Crippen molar-refractivity contribution < 1.29 is 4.42 Å². The summed E-state index contributed by atoms with van der Waals surface area (Å²) in [5, 5.41) is 14.9. The summed E-state index contributed by atoms with van der Waals surface area (Å²) in [6, 6.07) is 0.684. The van der Waals surface area contributed by atoms with Gasteiger partial charge in [0.25, 0.3) is 0 Å². The van der Waals surface area contributed by atoms with Crippen LogP contribution in [-0.4, -0.2) is 22.3 Å². The molecule has 1 aliphatic rings. The molecule has 18 heavy (non-hydrogen) atoms. The molecule has 0 spiro atoms. The van der Waals surface area contributed by atoms with Gasteiger partial charge in [-0.3, -0.25) is 0 Å². The second kappa shape index (κ2) is 5.69. The second-order valence-corrected chi connectivity index (χ2v) is 5.23. The van der Waals surface area contributed by atoms with Crippen molar-refractivity contribution in [3.8, 4) is 0 Å². The van der Waals surface area contributed by atoms with Crippen LogP contribution in [-0.2, 0) is 0 Å². The van der Waals surface area contributed by atoms with Gasteiger partial charge in [0, 0.05) is 5.54 Å². The zero-order valence-corrected chi connectivity index (χ0v) is 11.6. The molecule has 0 saturated heterocycles. The number of hydrogen-bond acceptors (Lipinski definition) is 5. The summed E-state index contributed by atoms with van der Waals surface area (Å²) in [5.41, 5.74) is 0.198. The maximum Gasteiger partial charge on any atom is 0.315 e. The van der Waals surface area contributed by atoms with Gasteiger partial charge in [0.2, 0.25) is 5.89 Å². The van der Waals surface area contributed by atoms with Gasteiger partial charge in [-0.15, -0.1) is 5.10 Å².